The van der Waals surface area contributed by atoms with Crippen LogP contribution in [0.25, 0.3) is 22.6 Å². The van der Waals surface area contributed by atoms with Crippen molar-refractivity contribution in [1.82, 2.24) is 5.16 Å². The van der Waals surface area contributed by atoms with Gasteiger partial charge in [-0.1, -0.05) is 35.0 Å². The summed E-state index contributed by atoms with van der Waals surface area (Å²) in [6.07, 6.45) is 0. The largest absolute Gasteiger partial charge is 0.508 e. The second-order valence-corrected chi connectivity index (χ2v) is 6.52. The van der Waals surface area contributed by atoms with E-state index in [1.807, 2.05) is 19.1 Å². The van der Waals surface area contributed by atoms with Crippen LogP contribution in [-0.2, 0) is 0 Å². The Morgan fingerprint density at radius 3 is 1.89 bits per heavy atom. The van der Waals surface area contributed by atoms with E-state index in [2.05, 4.69) is 5.16 Å². The van der Waals surface area contributed by atoms with Gasteiger partial charge in [0.1, 0.15) is 17.2 Å². The van der Waals surface area contributed by atoms with Crippen molar-refractivity contribution in [2.75, 3.05) is 0 Å². The van der Waals surface area contributed by atoms with E-state index >= 15 is 0 Å². The van der Waals surface area contributed by atoms with Crippen LogP contribution < -0.4 is 0 Å². The van der Waals surface area contributed by atoms with Crippen molar-refractivity contribution in [3.8, 4) is 34.1 Å². The van der Waals surface area contributed by atoms with Crippen molar-refractivity contribution in [2.45, 2.75) is 6.92 Å². The quantitative estimate of drug-likeness (QED) is 0.496. The third kappa shape index (κ3) is 3.25. The highest BCUT2D eigenvalue weighted by atomic mass is 16.5. The fraction of sp³-hybridized carbons (Fsp3) is 0.0435. The summed E-state index contributed by atoms with van der Waals surface area (Å²) in [5, 5.41) is 23.3. The minimum absolute atomic E-state index is 0.119. The molecule has 0 radical (unpaired) electrons. The van der Waals surface area contributed by atoms with Crippen LogP contribution >= 0.6 is 0 Å². The third-order valence-corrected chi connectivity index (χ3v) is 4.50. The summed E-state index contributed by atoms with van der Waals surface area (Å²) in [6, 6.07) is 20.1. The Kier molecular flexibility index (Phi) is 4.41. The Hall–Kier alpha value is -3.86. The molecule has 0 bridgehead atoms. The van der Waals surface area contributed by atoms with Gasteiger partial charge in [0.15, 0.2) is 11.5 Å². The normalized spacial score (nSPS) is 10.8. The van der Waals surface area contributed by atoms with E-state index in [9.17, 15) is 15.0 Å². The van der Waals surface area contributed by atoms with Crippen LogP contribution in [0.2, 0.25) is 0 Å². The second kappa shape index (κ2) is 7.04. The standard InChI is InChI=1S/C23H17NO4/c1-14-2-4-16(5-3-14)22(27)20-21(15-6-10-18(25)11-7-15)24-28-23(20)17-8-12-19(26)13-9-17/h2-13,25-26H,1H3. The molecule has 0 saturated heterocycles. The van der Waals surface area contributed by atoms with E-state index in [-0.39, 0.29) is 17.3 Å². The molecule has 0 amide bonds. The number of benzene rings is 3. The number of hydrogen-bond acceptors (Lipinski definition) is 5. The zero-order valence-electron chi connectivity index (χ0n) is 15.1. The van der Waals surface area contributed by atoms with Crippen molar-refractivity contribution < 1.29 is 19.5 Å². The minimum atomic E-state index is -0.215. The summed E-state index contributed by atoms with van der Waals surface area (Å²) in [5.74, 6) is 0.354. The van der Waals surface area contributed by atoms with E-state index < -0.39 is 0 Å². The summed E-state index contributed by atoms with van der Waals surface area (Å²) in [5.41, 5.74) is 3.59. The first kappa shape index (κ1) is 17.5. The van der Waals surface area contributed by atoms with Gasteiger partial charge in [0.05, 0.1) is 5.56 Å². The summed E-state index contributed by atoms with van der Waals surface area (Å²) >= 11 is 0. The van der Waals surface area contributed by atoms with E-state index in [0.717, 1.165) is 5.56 Å². The molecule has 0 aliphatic heterocycles. The number of hydrogen-bond donors (Lipinski definition) is 2. The van der Waals surface area contributed by atoms with Gasteiger partial charge >= 0.3 is 0 Å². The molecule has 28 heavy (non-hydrogen) atoms. The fourth-order valence-electron chi connectivity index (χ4n) is 2.98. The predicted octanol–water partition coefficient (Wildman–Crippen LogP) is 4.96. The molecule has 0 aliphatic rings. The molecule has 0 spiro atoms. The summed E-state index contributed by atoms with van der Waals surface area (Å²) in [4.78, 5) is 13.3. The van der Waals surface area contributed by atoms with Gasteiger partial charge in [-0.2, -0.15) is 0 Å². The second-order valence-electron chi connectivity index (χ2n) is 6.52. The first-order chi connectivity index (χ1) is 13.5. The Balaban J connectivity index is 1.90. The summed E-state index contributed by atoms with van der Waals surface area (Å²) in [6.45, 7) is 1.96. The maximum Gasteiger partial charge on any atom is 0.199 e. The Bertz CT molecular complexity index is 1060. The lowest BCUT2D eigenvalue weighted by atomic mass is 9.95. The molecule has 0 atom stereocenters. The highest BCUT2D eigenvalue weighted by molar-refractivity contribution is 6.15. The lowest BCUT2D eigenvalue weighted by Crippen LogP contribution is -2.04. The van der Waals surface area contributed by atoms with Gasteiger partial charge in [-0.05, 0) is 55.5 Å². The fourth-order valence-corrected chi connectivity index (χ4v) is 2.98. The van der Waals surface area contributed by atoms with Gasteiger partial charge in [0.25, 0.3) is 0 Å². The van der Waals surface area contributed by atoms with Gasteiger partial charge in [0.2, 0.25) is 0 Å². The van der Waals surface area contributed by atoms with Gasteiger partial charge in [-0.25, -0.2) is 0 Å². The van der Waals surface area contributed by atoms with Gasteiger partial charge in [-0.3, -0.25) is 4.79 Å². The molecule has 0 unspecified atom stereocenters. The van der Waals surface area contributed by atoms with Crippen LogP contribution in [0.3, 0.4) is 0 Å². The van der Waals surface area contributed by atoms with Crippen molar-refractivity contribution in [2.24, 2.45) is 0 Å². The molecule has 3 aromatic carbocycles. The summed E-state index contributed by atoms with van der Waals surface area (Å²) < 4.78 is 5.56. The number of ketones is 1. The molecule has 0 saturated carbocycles. The van der Waals surface area contributed by atoms with Gasteiger partial charge in [0, 0.05) is 16.7 Å². The maximum absolute atomic E-state index is 13.3. The van der Waals surface area contributed by atoms with Crippen molar-refractivity contribution in [3.05, 3.63) is 89.5 Å². The molecule has 4 rings (SSSR count). The van der Waals surface area contributed by atoms with Gasteiger partial charge in [-0.15, -0.1) is 0 Å². The number of rotatable bonds is 4. The van der Waals surface area contributed by atoms with Crippen LogP contribution in [0.5, 0.6) is 11.5 Å². The number of phenolic OH excluding ortho intramolecular Hbond substituents is 2. The van der Waals surface area contributed by atoms with E-state index in [1.165, 1.54) is 24.3 Å². The molecular weight excluding hydrogens is 354 g/mol. The van der Waals surface area contributed by atoms with E-state index in [1.54, 1.807) is 36.4 Å². The highest BCUT2D eigenvalue weighted by Gasteiger charge is 2.26. The molecule has 0 aliphatic carbocycles. The number of carbonyl (C=O) groups excluding carboxylic acids is 1. The first-order valence-corrected chi connectivity index (χ1v) is 8.73. The topological polar surface area (TPSA) is 83.6 Å². The molecule has 5 nitrogen and oxygen atoms in total. The molecule has 0 fully saturated rings. The smallest absolute Gasteiger partial charge is 0.199 e. The molecule has 4 aromatic rings. The lowest BCUT2D eigenvalue weighted by Gasteiger charge is -2.06. The third-order valence-electron chi connectivity index (χ3n) is 4.50. The monoisotopic (exact) mass is 371 g/mol. The number of aromatic nitrogens is 1. The van der Waals surface area contributed by atoms with Crippen LogP contribution in [0.4, 0.5) is 0 Å². The summed E-state index contributed by atoms with van der Waals surface area (Å²) in [7, 11) is 0. The maximum atomic E-state index is 13.3. The van der Waals surface area contributed by atoms with Crippen LogP contribution in [0.1, 0.15) is 21.5 Å². The SMILES string of the molecule is Cc1ccc(C(=O)c2c(-c3ccc(O)cc3)noc2-c2ccc(O)cc2)cc1. The van der Waals surface area contributed by atoms with Gasteiger partial charge < -0.3 is 14.7 Å². The van der Waals surface area contributed by atoms with Crippen LogP contribution in [-0.4, -0.2) is 21.2 Å². The first-order valence-electron chi connectivity index (χ1n) is 8.73. The van der Waals surface area contributed by atoms with E-state index in [0.29, 0.717) is 33.7 Å². The average Bonchev–Trinajstić information content (AvgIpc) is 3.14. The number of nitrogens with zero attached hydrogens (tertiary/aromatic N) is 1. The molecule has 2 N–H and O–H groups in total. The number of carbonyl (C=O) groups is 1. The molecule has 1 heterocycles. The highest BCUT2D eigenvalue weighted by Crippen LogP contribution is 2.35. The number of aryl methyl sites for hydroxylation is 1. The lowest BCUT2D eigenvalue weighted by molar-refractivity contribution is 0.103. The van der Waals surface area contributed by atoms with E-state index in [4.69, 9.17) is 4.52 Å². The Labute approximate surface area is 161 Å². The van der Waals surface area contributed by atoms with Crippen LogP contribution in [0.15, 0.2) is 77.3 Å². The molecule has 5 heteroatoms. The predicted molar refractivity (Wildman–Crippen MR) is 105 cm³/mol. The van der Waals surface area contributed by atoms with Crippen molar-refractivity contribution in [3.63, 3.8) is 0 Å². The number of phenols is 2. The average molecular weight is 371 g/mol. The Morgan fingerprint density at radius 2 is 1.32 bits per heavy atom. The zero-order chi connectivity index (χ0) is 19.7. The van der Waals surface area contributed by atoms with Crippen molar-refractivity contribution >= 4 is 5.78 Å². The molecule has 138 valence electrons. The van der Waals surface area contributed by atoms with Crippen LogP contribution in [0, 0.1) is 6.92 Å². The molecular formula is C23H17NO4. The minimum Gasteiger partial charge on any atom is -0.508 e. The Morgan fingerprint density at radius 1 is 0.786 bits per heavy atom. The zero-order valence-corrected chi connectivity index (χ0v) is 15.1. The van der Waals surface area contributed by atoms with Crippen molar-refractivity contribution in [1.29, 1.82) is 0 Å². The molecule has 1 aromatic heterocycles. The number of aromatic hydroxyl groups is 2.